The number of hydrogen-bond donors (Lipinski definition) is 2. The predicted octanol–water partition coefficient (Wildman–Crippen LogP) is 5.95. The monoisotopic (exact) mass is 581 g/mol. The summed E-state index contributed by atoms with van der Waals surface area (Å²) in [5.74, 6) is 0.386. The number of ether oxygens (including phenoxy) is 3. The Morgan fingerprint density at radius 1 is 0.738 bits per heavy atom. The van der Waals surface area contributed by atoms with Crippen LogP contribution in [-0.2, 0) is 9.59 Å². The number of benzene rings is 4. The van der Waals surface area contributed by atoms with E-state index in [1.807, 2.05) is 6.07 Å². The topological polar surface area (TPSA) is 106 Å². The number of carbonyl (C=O) groups excluding carboxylic acids is 3. The van der Waals surface area contributed by atoms with Crippen LogP contribution in [0.25, 0.3) is 0 Å². The molecule has 1 aliphatic rings. The molecule has 2 N–H and O–H groups in total. The van der Waals surface area contributed by atoms with Crippen molar-refractivity contribution < 1.29 is 28.6 Å². The van der Waals surface area contributed by atoms with Crippen LogP contribution in [0.15, 0.2) is 113 Å². The number of anilines is 3. The Kier molecular flexibility index (Phi) is 8.44. The molecule has 42 heavy (non-hydrogen) atoms. The van der Waals surface area contributed by atoms with Crippen molar-refractivity contribution >= 4 is 46.5 Å². The van der Waals surface area contributed by atoms with Gasteiger partial charge in [-0.1, -0.05) is 30.0 Å². The molecule has 0 fully saturated rings. The Hall–Kier alpha value is -5.22. The van der Waals surface area contributed by atoms with Crippen LogP contribution < -0.4 is 29.7 Å². The quantitative estimate of drug-likeness (QED) is 0.221. The minimum absolute atomic E-state index is 0.103. The van der Waals surface area contributed by atoms with E-state index in [2.05, 4.69) is 10.6 Å². The second-order valence-electron chi connectivity index (χ2n) is 8.99. The number of amides is 3. The number of methoxy groups -OCH3 is 3. The number of imide groups is 1. The SMILES string of the molecule is COc1ccc(N2C(=O)C(Nc3ccc(OC)cc3OC)=C(Sc3ccc(NC(=O)c4ccccc4)cc3)C2=O)cc1. The number of thioether (sulfide) groups is 1. The van der Waals surface area contributed by atoms with E-state index in [1.54, 1.807) is 105 Å². The molecule has 1 aliphatic heterocycles. The standard InChI is InChI=1S/C32H27N3O6S/c1-39-23-13-11-22(12-14-23)35-31(37)28(34-26-18-15-24(40-2)19-27(26)41-3)29(32(35)38)42-25-16-9-21(10-17-25)33-30(36)20-7-5-4-6-8-20/h4-19,34H,1-3H3,(H,33,36). The van der Waals surface area contributed by atoms with Crippen LogP contribution in [-0.4, -0.2) is 39.1 Å². The zero-order valence-corrected chi connectivity index (χ0v) is 23.9. The molecule has 4 aromatic rings. The highest BCUT2D eigenvalue weighted by Gasteiger charge is 2.40. The van der Waals surface area contributed by atoms with Crippen LogP contribution >= 0.6 is 11.8 Å². The molecule has 9 nitrogen and oxygen atoms in total. The van der Waals surface area contributed by atoms with Crippen LogP contribution in [0.5, 0.6) is 17.2 Å². The molecule has 0 saturated heterocycles. The molecule has 0 aromatic heterocycles. The van der Waals surface area contributed by atoms with Crippen LogP contribution in [0.3, 0.4) is 0 Å². The molecule has 5 rings (SSSR count). The first-order chi connectivity index (χ1) is 20.4. The molecule has 0 aliphatic carbocycles. The highest BCUT2D eigenvalue weighted by Crippen LogP contribution is 2.40. The number of nitrogens with one attached hydrogen (secondary N) is 2. The molecule has 0 atom stereocenters. The first kappa shape index (κ1) is 28.3. The number of carbonyl (C=O) groups is 3. The van der Waals surface area contributed by atoms with Gasteiger partial charge in [0.1, 0.15) is 27.9 Å². The fourth-order valence-corrected chi connectivity index (χ4v) is 5.16. The molecule has 4 aromatic carbocycles. The number of nitrogens with zero attached hydrogens (tertiary/aromatic N) is 1. The smallest absolute Gasteiger partial charge is 0.283 e. The third-order valence-corrected chi connectivity index (χ3v) is 7.50. The van der Waals surface area contributed by atoms with Crippen LogP contribution in [0.2, 0.25) is 0 Å². The van der Waals surface area contributed by atoms with Gasteiger partial charge in [-0.15, -0.1) is 0 Å². The summed E-state index contributed by atoms with van der Waals surface area (Å²) in [7, 11) is 4.59. The molecule has 0 unspecified atom stereocenters. The lowest BCUT2D eigenvalue weighted by molar-refractivity contribution is -0.120. The van der Waals surface area contributed by atoms with Gasteiger partial charge in [-0.05, 0) is 72.8 Å². The average molecular weight is 582 g/mol. The molecule has 10 heteroatoms. The van der Waals surface area contributed by atoms with Crippen LogP contribution in [0.4, 0.5) is 17.1 Å². The fraction of sp³-hybridized carbons (Fsp3) is 0.0938. The van der Waals surface area contributed by atoms with Crippen molar-refractivity contribution in [2.45, 2.75) is 4.90 Å². The largest absolute Gasteiger partial charge is 0.497 e. The summed E-state index contributed by atoms with van der Waals surface area (Å²) in [6, 6.07) is 27.7. The molecule has 3 amide bonds. The molecular weight excluding hydrogens is 554 g/mol. The number of hydrogen-bond acceptors (Lipinski definition) is 8. The lowest BCUT2D eigenvalue weighted by atomic mass is 10.2. The molecule has 0 bridgehead atoms. The van der Waals surface area contributed by atoms with Gasteiger partial charge < -0.3 is 24.8 Å². The van der Waals surface area contributed by atoms with Gasteiger partial charge in [0.25, 0.3) is 17.7 Å². The van der Waals surface area contributed by atoms with Crippen LogP contribution in [0, 0.1) is 0 Å². The maximum Gasteiger partial charge on any atom is 0.283 e. The second kappa shape index (κ2) is 12.5. The minimum atomic E-state index is -0.516. The maximum atomic E-state index is 13.7. The van der Waals surface area contributed by atoms with Gasteiger partial charge in [0.05, 0.1) is 32.7 Å². The fourth-order valence-electron chi connectivity index (χ4n) is 4.23. The highest BCUT2D eigenvalue weighted by molar-refractivity contribution is 8.04. The van der Waals surface area contributed by atoms with E-state index in [4.69, 9.17) is 14.2 Å². The normalized spacial score (nSPS) is 12.8. The Morgan fingerprint density at radius 2 is 1.40 bits per heavy atom. The van der Waals surface area contributed by atoms with Crippen molar-refractivity contribution in [3.63, 3.8) is 0 Å². The molecule has 0 radical (unpaired) electrons. The van der Waals surface area contributed by atoms with Gasteiger partial charge in [0.2, 0.25) is 0 Å². The van der Waals surface area contributed by atoms with Crippen molar-refractivity contribution in [3.8, 4) is 17.2 Å². The number of rotatable bonds is 10. The summed E-state index contributed by atoms with van der Waals surface area (Å²) in [6.45, 7) is 0. The summed E-state index contributed by atoms with van der Waals surface area (Å²) >= 11 is 1.14. The molecule has 0 spiro atoms. The van der Waals surface area contributed by atoms with Crippen molar-refractivity contribution in [1.29, 1.82) is 0 Å². The van der Waals surface area contributed by atoms with Crippen molar-refractivity contribution in [1.82, 2.24) is 0 Å². The van der Waals surface area contributed by atoms with Gasteiger partial charge in [-0.25, -0.2) is 4.90 Å². The highest BCUT2D eigenvalue weighted by atomic mass is 32.2. The van der Waals surface area contributed by atoms with E-state index >= 15 is 0 Å². The first-order valence-electron chi connectivity index (χ1n) is 12.8. The van der Waals surface area contributed by atoms with Crippen molar-refractivity contribution in [3.05, 3.63) is 113 Å². The van der Waals surface area contributed by atoms with Gasteiger partial charge >= 0.3 is 0 Å². The van der Waals surface area contributed by atoms with E-state index in [1.165, 1.54) is 7.11 Å². The van der Waals surface area contributed by atoms with Crippen LogP contribution in [0.1, 0.15) is 10.4 Å². The van der Waals surface area contributed by atoms with E-state index in [-0.39, 0.29) is 16.5 Å². The second-order valence-corrected chi connectivity index (χ2v) is 10.1. The average Bonchev–Trinajstić information content (AvgIpc) is 3.26. The van der Waals surface area contributed by atoms with Crippen molar-refractivity contribution in [2.24, 2.45) is 0 Å². The summed E-state index contributed by atoms with van der Waals surface area (Å²) < 4.78 is 16.0. The van der Waals surface area contributed by atoms with Gasteiger partial charge in [0, 0.05) is 22.2 Å². The van der Waals surface area contributed by atoms with E-state index < -0.39 is 11.8 Å². The van der Waals surface area contributed by atoms with E-state index in [0.717, 1.165) is 16.7 Å². The first-order valence-corrected chi connectivity index (χ1v) is 13.6. The van der Waals surface area contributed by atoms with Gasteiger partial charge in [-0.3, -0.25) is 14.4 Å². The third-order valence-electron chi connectivity index (χ3n) is 6.41. The zero-order valence-electron chi connectivity index (χ0n) is 23.0. The third kappa shape index (κ3) is 5.93. The summed E-state index contributed by atoms with van der Waals surface area (Å²) in [6.07, 6.45) is 0. The zero-order chi connectivity index (χ0) is 29.6. The molecule has 0 saturated carbocycles. The molecular formula is C32H27N3O6S. The summed E-state index contributed by atoms with van der Waals surface area (Å²) in [5.41, 5.74) is 2.13. The predicted molar refractivity (Wildman–Crippen MR) is 162 cm³/mol. The maximum absolute atomic E-state index is 13.7. The Balaban J connectivity index is 1.45. The Labute approximate surface area is 247 Å². The summed E-state index contributed by atoms with van der Waals surface area (Å²) in [4.78, 5) is 42.0. The Morgan fingerprint density at radius 3 is 2.05 bits per heavy atom. The van der Waals surface area contributed by atoms with Gasteiger partial charge in [-0.2, -0.15) is 0 Å². The van der Waals surface area contributed by atoms with Gasteiger partial charge in [0.15, 0.2) is 0 Å². The lowest BCUT2D eigenvalue weighted by Crippen LogP contribution is -2.32. The van der Waals surface area contributed by atoms with Crippen molar-refractivity contribution in [2.75, 3.05) is 36.9 Å². The molecule has 1 heterocycles. The van der Waals surface area contributed by atoms with E-state index in [0.29, 0.717) is 44.8 Å². The summed E-state index contributed by atoms with van der Waals surface area (Å²) in [5, 5.41) is 5.98. The van der Waals surface area contributed by atoms with E-state index in [9.17, 15) is 14.4 Å². The Bertz CT molecular complexity index is 1650. The molecule has 212 valence electrons. The lowest BCUT2D eigenvalue weighted by Gasteiger charge is -2.16. The minimum Gasteiger partial charge on any atom is -0.497 e.